The van der Waals surface area contributed by atoms with Gasteiger partial charge in [0.15, 0.2) is 0 Å². The average molecular weight is 368 g/mol. The fraction of sp³-hybridized carbons (Fsp3) is 0.412. The molecule has 4 nitrogen and oxygen atoms in total. The third-order valence-electron chi connectivity index (χ3n) is 4.31. The van der Waals surface area contributed by atoms with Crippen molar-refractivity contribution in [2.75, 3.05) is 19.6 Å². The van der Waals surface area contributed by atoms with Gasteiger partial charge in [-0.15, -0.1) is 0 Å². The molecule has 0 radical (unpaired) electrons. The highest BCUT2D eigenvalue weighted by Crippen LogP contribution is 2.26. The van der Waals surface area contributed by atoms with Gasteiger partial charge in [0, 0.05) is 18.2 Å². The maximum Gasteiger partial charge on any atom is 0.215 e. The third kappa shape index (κ3) is 4.42. The SMILES string of the molecule is O=S(=O)(Cc1ccccc1F)NCC(c1ccsc1)N1CCCC1. The number of nitrogens with one attached hydrogen (secondary N) is 1. The van der Waals surface area contributed by atoms with Crippen LogP contribution in [0.15, 0.2) is 41.1 Å². The first-order chi connectivity index (χ1) is 11.6. The number of sulfonamides is 1. The summed E-state index contributed by atoms with van der Waals surface area (Å²) in [5.41, 5.74) is 1.33. The fourth-order valence-electron chi connectivity index (χ4n) is 3.05. The van der Waals surface area contributed by atoms with Gasteiger partial charge in [-0.1, -0.05) is 18.2 Å². The van der Waals surface area contributed by atoms with E-state index >= 15 is 0 Å². The summed E-state index contributed by atoms with van der Waals surface area (Å²) in [7, 11) is -3.59. The summed E-state index contributed by atoms with van der Waals surface area (Å²) >= 11 is 1.61. The average Bonchev–Trinajstić information content (AvgIpc) is 3.23. The van der Waals surface area contributed by atoms with E-state index in [4.69, 9.17) is 0 Å². The van der Waals surface area contributed by atoms with Crippen molar-refractivity contribution in [3.8, 4) is 0 Å². The molecule has 1 aliphatic rings. The van der Waals surface area contributed by atoms with E-state index in [1.54, 1.807) is 23.5 Å². The zero-order chi connectivity index (χ0) is 17.0. The molecule has 1 aliphatic heterocycles. The van der Waals surface area contributed by atoms with Gasteiger partial charge in [0.05, 0.1) is 5.75 Å². The number of hydrogen-bond donors (Lipinski definition) is 1. The molecule has 2 aromatic rings. The van der Waals surface area contributed by atoms with E-state index in [9.17, 15) is 12.8 Å². The Balaban J connectivity index is 1.68. The van der Waals surface area contributed by atoms with Gasteiger partial charge in [0.2, 0.25) is 10.0 Å². The number of halogens is 1. The molecule has 7 heteroatoms. The van der Waals surface area contributed by atoms with Gasteiger partial charge < -0.3 is 0 Å². The Kier molecular flexibility index (Phi) is 5.65. The first-order valence-electron chi connectivity index (χ1n) is 8.02. The Labute approximate surface area is 146 Å². The first-order valence-corrected chi connectivity index (χ1v) is 10.6. The predicted octanol–water partition coefficient (Wildman–Crippen LogP) is 3.14. The first kappa shape index (κ1) is 17.5. The number of rotatable bonds is 7. The minimum absolute atomic E-state index is 0.0362. The molecule has 0 aliphatic carbocycles. The molecule has 1 atom stereocenters. The number of benzene rings is 1. The number of nitrogens with zero attached hydrogens (tertiary/aromatic N) is 1. The second kappa shape index (κ2) is 7.74. The predicted molar refractivity (Wildman–Crippen MR) is 94.9 cm³/mol. The molecule has 0 spiro atoms. The zero-order valence-electron chi connectivity index (χ0n) is 13.3. The van der Waals surface area contributed by atoms with Crippen molar-refractivity contribution in [3.63, 3.8) is 0 Å². The van der Waals surface area contributed by atoms with E-state index in [0.29, 0.717) is 6.54 Å². The topological polar surface area (TPSA) is 49.4 Å². The van der Waals surface area contributed by atoms with E-state index in [-0.39, 0.29) is 17.4 Å². The van der Waals surface area contributed by atoms with Crippen molar-refractivity contribution < 1.29 is 12.8 Å². The molecule has 1 fully saturated rings. The van der Waals surface area contributed by atoms with Crippen LogP contribution in [0.2, 0.25) is 0 Å². The second-order valence-corrected chi connectivity index (χ2v) is 8.60. The van der Waals surface area contributed by atoms with Crippen molar-refractivity contribution >= 4 is 21.4 Å². The molecule has 1 saturated heterocycles. The lowest BCUT2D eigenvalue weighted by molar-refractivity contribution is 0.247. The van der Waals surface area contributed by atoms with Crippen molar-refractivity contribution in [3.05, 3.63) is 58.0 Å². The quantitative estimate of drug-likeness (QED) is 0.817. The summed E-state index contributed by atoms with van der Waals surface area (Å²) in [5.74, 6) is -0.826. The van der Waals surface area contributed by atoms with Gasteiger partial charge in [0.1, 0.15) is 5.82 Å². The van der Waals surface area contributed by atoms with E-state index < -0.39 is 15.8 Å². The Morgan fingerprint density at radius 3 is 2.62 bits per heavy atom. The van der Waals surface area contributed by atoms with Gasteiger partial charge in [-0.25, -0.2) is 17.5 Å². The van der Waals surface area contributed by atoms with Crippen LogP contribution in [0.3, 0.4) is 0 Å². The molecule has 0 bridgehead atoms. The van der Waals surface area contributed by atoms with Crippen LogP contribution in [0, 0.1) is 5.82 Å². The molecule has 1 aromatic carbocycles. The molecule has 1 N–H and O–H groups in total. The highest BCUT2D eigenvalue weighted by atomic mass is 32.2. The van der Waals surface area contributed by atoms with E-state index in [1.165, 1.54) is 12.1 Å². The fourth-order valence-corrected chi connectivity index (χ4v) is 4.92. The molecule has 0 saturated carbocycles. The second-order valence-electron chi connectivity index (χ2n) is 6.01. The lowest BCUT2D eigenvalue weighted by atomic mass is 10.1. The van der Waals surface area contributed by atoms with Gasteiger partial charge in [-0.05, 0) is 54.4 Å². The summed E-state index contributed by atoms with van der Waals surface area (Å²) in [6.45, 7) is 2.28. The van der Waals surface area contributed by atoms with Crippen LogP contribution in [-0.4, -0.2) is 33.0 Å². The smallest absolute Gasteiger partial charge is 0.215 e. The van der Waals surface area contributed by atoms with Gasteiger partial charge in [-0.3, -0.25) is 4.90 Å². The monoisotopic (exact) mass is 368 g/mol. The highest BCUT2D eigenvalue weighted by molar-refractivity contribution is 7.88. The van der Waals surface area contributed by atoms with Crippen molar-refractivity contribution in [2.45, 2.75) is 24.6 Å². The van der Waals surface area contributed by atoms with Crippen molar-refractivity contribution in [2.24, 2.45) is 0 Å². The van der Waals surface area contributed by atoms with Crippen LogP contribution in [0.5, 0.6) is 0 Å². The number of hydrogen-bond acceptors (Lipinski definition) is 4. The minimum Gasteiger partial charge on any atom is -0.295 e. The molecule has 0 amide bonds. The Morgan fingerprint density at radius 1 is 1.21 bits per heavy atom. The molecule has 130 valence electrons. The summed E-state index contributed by atoms with van der Waals surface area (Å²) in [5, 5.41) is 4.07. The van der Waals surface area contributed by atoms with Crippen molar-refractivity contribution in [1.82, 2.24) is 9.62 Å². The highest BCUT2D eigenvalue weighted by Gasteiger charge is 2.25. The van der Waals surface area contributed by atoms with Crippen LogP contribution >= 0.6 is 11.3 Å². The standard InChI is InChI=1S/C17H21FN2O2S2/c18-16-6-2-1-5-15(16)13-24(21,22)19-11-17(14-7-10-23-12-14)20-8-3-4-9-20/h1-2,5-7,10,12,17,19H,3-4,8-9,11,13H2. The normalized spacial score (nSPS) is 17.2. The molecule has 2 heterocycles. The zero-order valence-corrected chi connectivity index (χ0v) is 15.0. The van der Waals surface area contributed by atoms with Crippen LogP contribution in [0.25, 0.3) is 0 Å². The minimum atomic E-state index is -3.59. The van der Waals surface area contributed by atoms with Crippen molar-refractivity contribution in [1.29, 1.82) is 0 Å². The van der Waals surface area contributed by atoms with Crippen LogP contribution in [-0.2, 0) is 15.8 Å². The summed E-state index contributed by atoms with van der Waals surface area (Å²) in [6.07, 6.45) is 2.28. The summed E-state index contributed by atoms with van der Waals surface area (Å²) in [6, 6.07) is 8.06. The van der Waals surface area contributed by atoms with E-state index in [0.717, 1.165) is 31.5 Å². The van der Waals surface area contributed by atoms with Crippen LogP contribution in [0.1, 0.15) is 30.0 Å². The van der Waals surface area contributed by atoms with Crippen LogP contribution in [0.4, 0.5) is 4.39 Å². The summed E-state index contributed by atoms with van der Waals surface area (Å²) < 4.78 is 41.1. The Bertz CT molecular complexity index is 757. The number of thiophene rings is 1. The van der Waals surface area contributed by atoms with Gasteiger partial charge >= 0.3 is 0 Å². The molecular formula is C17H21FN2O2S2. The van der Waals surface area contributed by atoms with Gasteiger partial charge in [-0.2, -0.15) is 11.3 Å². The maximum absolute atomic E-state index is 13.7. The molecule has 24 heavy (non-hydrogen) atoms. The van der Waals surface area contributed by atoms with E-state index in [2.05, 4.69) is 15.0 Å². The van der Waals surface area contributed by atoms with Crippen LogP contribution < -0.4 is 4.72 Å². The maximum atomic E-state index is 13.7. The molecule has 1 aromatic heterocycles. The Morgan fingerprint density at radius 2 is 1.96 bits per heavy atom. The Hall–Kier alpha value is -1.28. The van der Waals surface area contributed by atoms with E-state index in [1.807, 2.05) is 11.4 Å². The third-order valence-corrected chi connectivity index (χ3v) is 6.31. The largest absolute Gasteiger partial charge is 0.295 e. The summed E-state index contributed by atoms with van der Waals surface area (Å²) in [4.78, 5) is 2.31. The number of likely N-dealkylation sites (tertiary alicyclic amines) is 1. The van der Waals surface area contributed by atoms with Gasteiger partial charge in [0.25, 0.3) is 0 Å². The molecule has 1 unspecified atom stereocenters. The molecule has 3 rings (SSSR count). The lowest BCUT2D eigenvalue weighted by Gasteiger charge is -2.27. The molecular weight excluding hydrogens is 347 g/mol. The lowest BCUT2D eigenvalue weighted by Crippen LogP contribution is -2.37.